The van der Waals surface area contributed by atoms with Crippen LogP contribution < -0.4 is 5.32 Å². The summed E-state index contributed by atoms with van der Waals surface area (Å²) in [6.07, 6.45) is 2.80. The number of anilines is 1. The van der Waals surface area contributed by atoms with E-state index in [9.17, 15) is 18.0 Å². The van der Waals surface area contributed by atoms with Crippen LogP contribution in [-0.2, 0) is 19.4 Å². The largest absolute Gasteiger partial charge is 0.462 e. The molecule has 0 fully saturated rings. The van der Waals surface area contributed by atoms with Gasteiger partial charge in [0.05, 0.1) is 29.0 Å². The average molecular weight is 401 g/mol. The fourth-order valence-corrected chi connectivity index (χ4v) is 3.88. The zero-order chi connectivity index (χ0) is 20.1. The minimum atomic E-state index is -3.53. The lowest BCUT2D eigenvalue weighted by Gasteiger charge is -2.07. The summed E-state index contributed by atoms with van der Waals surface area (Å²) in [5.74, 6) is -1.25. The predicted octanol–water partition coefficient (Wildman–Crippen LogP) is 2.31. The van der Waals surface area contributed by atoms with Crippen LogP contribution in [0.15, 0.2) is 59.8 Å². The molecule has 0 saturated carbocycles. The average Bonchev–Trinajstić information content (AvgIpc) is 3.11. The Morgan fingerprint density at radius 1 is 1.18 bits per heavy atom. The number of amides is 1. The van der Waals surface area contributed by atoms with Crippen molar-refractivity contribution in [3.8, 4) is 0 Å². The van der Waals surface area contributed by atoms with Gasteiger partial charge in [-0.15, -0.1) is 0 Å². The summed E-state index contributed by atoms with van der Waals surface area (Å²) in [6.45, 7) is 1.95. The van der Waals surface area contributed by atoms with Gasteiger partial charge in [-0.25, -0.2) is 17.7 Å². The lowest BCUT2D eigenvalue weighted by Crippen LogP contribution is -2.17. The van der Waals surface area contributed by atoms with Crippen LogP contribution in [0.4, 0.5) is 5.69 Å². The molecule has 1 aromatic carbocycles. The van der Waals surface area contributed by atoms with E-state index in [0.717, 1.165) is 0 Å². The minimum Gasteiger partial charge on any atom is -0.462 e. The standard InChI is InChI=1S/C19H19N3O5S/c1-2-27-19(24)16-13-20-22-10-8-14(12-17(16)22)21-18(23)9-11-28(25,26)15-6-4-3-5-7-15/h3-8,10,12-13H,2,9,11H2,1H3,(H,21,23). The van der Waals surface area contributed by atoms with Gasteiger partial charge in [0.1, 0.15) is 5.56 Å². The number of esters is 1. The van der Waals surface area contributed by atoms with E-state index in [2.05, 4.69) is 10.4 Å². The van der Waals surface area contributed by atoms with E-state index in [1.165, 1.54) is 22.8 Å². The first kappa shape index (κ1) is 19.6. The SMILES string of the molecule is CCOC(=O)c1cnn2ccc(NC(=O)CCS(=O)(=O)c3ccccc3)cc12. The molecule has 28 heavy (non-hydrogen) atoms. The van der Waals surface area contributed by atoms with Crippen LogP contribution in [0.1, 0.15) is 23.7 Å². The van der Waals surface area contributed by atoms with Gasteiger partial charge < -0.3 is 10.1 Å². The van der Waals surface area contributed by atoms with Crippen molar-refractivity contribution in [1.29, 1.82) is 0 Å². The molecule has 0 aliphatic carbocycles. The third-order valence-electron chi connectivity index (χ3n) is 4.00. The van der Waals surface area contributed by atoms with E-state index in [1.807, 2.05) is 0 Å². The summed E-state index contributed by atoms with van der Waals surface area (Å²) in [6, 6.07) is 11.2. The molecule has 1 N–H and O–H groups in total. The Balaban J connectivity index is 1.69. The molecule has 0 saturated heterocycles. The zero-order valence-corrected chi connectivity index (χ0v) is 16.0. The molecule has 0 bridgehead atoms. The molecule has 8 nitrogen and oxygen atoms in total. The first-order valence-electron chi connectivity index (χ1n) is 8.63. The highest BCUT2D eigenvalue weighted by Crippen LogP contribution is 2.18. The number of ether oxygens (including phenoxy) is 1. The van der Waals surface area contributed by atoms with Gasteiger partial charge in [0.15, 0.2) is 9.84 Å². The van der Waals surface area contributed by atoms with Crippen LogP contribution in [0, 0.1) is 0 Å². The number of carbonyl (C=O) groups is 2. The lowest BCUT2D eigenvalue weighted by atomic mass is 10.2. The lowest BCUT2D eigenvalue weighted by molar-refractivity contribution is -0.115. The first-order valence-corrected chi connectivity index (χ1v) is 10.3. The monoisotopic (exact) mass is 401 g/mol. The van der Waals surface area contributed by atoms with Gasteiger partial charge in [0.2, 0.25) is 5.91 Å². The number of pyridine rings is 1. The third kappa shape index (κ3) is 4.37. The number of aromatic nitrogens is 2. The van der Waals surface area contributed by atoms with Crippen LogP contribution in [0.2, 0.25) is 0 Å². The topological polar surface area (TPSA) is 107 Å². The highest BCUT2D eigenvalue weighted by Gasteiger charge is 2.17. The van der Waals surface area contributed by atoms with Crippen molar-refractivity contribution in [3.05, 3.63) is 60.4 Å². The summed E-state index contributed by atoms with van der Waals surface area (Å²) >= 11 is 0. The van der Waals surface area contributed by atoms with E-state index in [0.29, 0.717) is 11.2 Å². The molecule has 9 heteroatoms. The molecule has 0 atom stereocenters. The quantitative estimate of drug-likeness (QED) is 0.609. The maximum absolute atomic E-state index is 12.3. The van der Waals surface area contributed by atoms with E-state index in [-0.39, 0.29) is 29.2 Å². The molecule has 2 aromatic heterocycles. The van der Waals surface area contributed by atoms with Crippen molar-refractivity contribution in [2.45, 2.75) is 18.2 Å². The Hall–Kier alpha value is -3.20. The van der Waals surface area contributed by atoms with E-state index < -0.39 is 21.7 Å². The van der Waals surface area contributed by atoms with Crippen LogP contribution >= 0.6 is 0 Å². The molecular weight excluding hydrogens is 382 g/mol. The molecule has 2 heterocycles. The van der Waals surface area contributed by atoms with Gasteiger partial charge in [0, 0.05) is 18.3 Å². The van der Waals surface area contributed by atoms with Gasteiger partial charge in [-0.1, -0.05) is 18.2 Å². The Labute approximate surface area is 162 Å². The summed E-state index contributed by atoms with van der Waals surface area (Å²) < 4.78 is 31.0. The number of sulfone groups is 1. The summed E-state index contributed by atoms with van der Waals surface area (Å²) in [7, 11) is -3.53. The summed E-state index contributed by atoms with van der Waals surface area (Å²) in [4.78, 5) is 24.4. The van der Waals surface area contributed by atoms with E-state index in [4.69, 9.17) is 4.74 Å². The third-order valence-corrected chi connectivity index (χ3v) is 5.73. The Morgan fingerprint density at radius 3 is 2.64 bits per heavy atom. The Kier molecular flexibility index (Phi) is 5.74. The number of hydrogen-bond donors (Lipinski definition) is 1. The fraction of sp³-hybridized carbons (Fsp3) is 0.211. The molecule has 3 rings (SSSR count). The zero-order valence-electron chi connectivity index (χ0n) is 15.2. The number of carbonyl (C=O) groups excluding carboxylic acids is 2. The second-order valence-electron chi connectivity index (χ2n) is 5.95. The van der Waals surface area contributed by atoms with Crippen molar-refractivity contribution in [2.24, 2.45) is 0 Å². The van der Waals surface area contributed by atoms with Crippen molar-refractivity contribution >= 4 is 32.9 Å². The molecular formula is C19H19N3O5S. The van der Waals surface area contributed by atoms with E-state index >= 15 is 0 Å². The number of fused-ring (bicyclic) bond motifs is 1. The molecule has 0 aliphatic heterocycles. The summed E-state index contributed by atoms with van der Waals surface area (Å²) in [5, 5.41) is 6.72. The first-order chi connectivity index (χ1) is 13.4. The normalized spacial score (nSPS) is 11.3. The molecule has 0 spiro atoms. The smallest absolute Gasteiger partial charge is 0.341 e. The molecule has 3 aromatic rings. The molecule has 1 amide bonds. The molecule has 0 unspecified atom stereocenters. The highest BCUT2D eigenvalue weighted by molar-refractivity contribution is 7.91. The number of nitrogens with one attached hydrogen (secondary N) is 1. The van der Waals surface area contributed by atoms with Crippen LogP contribution in [0.5, 0.6) is 0 Å². The number of benzene rings is 1. The van der Waals surface area contributed by atoms with Crippen LogP contribution in [0.3, 0.4) is 0 Å². The second kappa shape index (κ2) is 8.22. The fourth-order valence-electron chi connectivity index (χ4n) is 2.62. The van der Waals surface area contributed by atoms with Gasteiger partial charge in [-0.3, -0.25) is 4.79 Å². The second-order valence-corrected chi connectivity index (χ2v) is 8.06. The number of hydrogen-bond acceptors (Lipinski definition) is 6. The van der Waals surface area contributed by atoms with Gasteiger partial charge in [-0.05, 0) is 31.2 Å². The maximum atomic E-state index is 12.3. The van der Waals surface area contributed by atoms with Gasteiger partial charge in [-0.2, -0.15) is 5.10 Å². The van der Waals surface area contributed by atoms with Crippen molar-refractivity contribution in [3.63, 3.8) is 0 Å². The Bertz CT molecular complexity index is 1110. The molecule has 146 valence electrons. The van der Waals surface area contributed by atoms with Crippen molar-refractivity contribution < 1.29 is 22.7 Å². The number of nitrogens with zero attached hydrogens (tertiary/aromatic N) is 2. The minimum absolute atomic E-state index is 0.183. The predicted molar refractivity (Wildman–Crippen MR) is 103 cm³/mol. The van der Waals surface area contributed by atoms with Crippen LogP contribution in [0.25, 0.3) is 5.52 Å². The molecule has 0 aliphatic rings. The van der Waals surface area contributed by atoms with Gasteiger partial charge in [0.25, 0.3) is 0 Å². The van der Waals surface area contributed by atoms with Crippen molar-refractivity contribution in [2.75, 3.05) is 17.7 Å². The van der Waals surface area contributed by atoms with Gasteiger partial charge >= 0.3 is 5.97 Å². The number of rotatable bonds is 7. The molecule has 0 radical (unpaired) electrons. The highest BCUT2D eigenvalue weighted by atomic mass is 32.2. The van der Waals surface area contributed by atoms with Crippen LogP contribution in [-0.4, -0.2) is 42.3 Å². The summed E-state index contributed by atoms with van der Waals surface area (Å²) in [5.41, 5.74) is 1.19. The van der Waals surface area contributed by atoms with Crippen molar-refractivity contribution in [1.82, 2.24) is 9.61 Å². The maximum Gasteiger partial charge on any atom is 0.341 e. The van der Waals surface area contributed by atoms with E-state index in [1.54, 1.807) is 43.5 Å². The Morgan fingerprint density at radius 2 is 1.93 bits per heavy atom.